The van der Waals surface area contributed by atoms with Gasteiger partial charge in [-0.3, -0.25) is 4.79 Å². The first-order chi connectivity index (χ1) is 12.8. The molecular formula is C21H26N3O2+. The summed E-state index contributed by atoms with van der Waals surface area (Å²) in [5, 5.41) is 0. The number of benzene rings is 2. The molecule has 5 nitrogen and oxygen atoms in total. The van der Waals surface area contributed by atoms with E-state index in [0.29, 0.717) is 6.54 Å². The van der Waals surface area contributed by atoms with Crippen LogP contribution in [0, 0.1) is 0 Å². The Labute approximate surface area is 154 Å². The van der Waals surface area contributed by atoms with Gasteiger partial charge >= 0.3 is 0 Å². The summed E-state index contributed by atoms with van der Waals surface area (Å²) < 4.78 is 5.48. The van der Waals surface area contributed by atoms with E-state index in [2.05, 4.69) is 29.2 Å². The maximum absolute atomic E-state index is 12.8. The summed E-state index contributed by atoms with van der Waals surface area (Å²) in [5.74, 6) is 1.16. The van der Waals surface area contributed by atoms with Crippen molar-refractivity contribution in [3.63, 3.8) is 0 Å². The molecule has 0 spiro atoms. The molecule has 5 heteroatoms. The number of hydrogen-bond donors (Lipinski definition) is 1. The van der Waals surface area contributed by atoms with Crippen molar-refractivity contribution in [2.75, 3.05) is 56.2 Å². The van der Waals surface area contributed by atoms with E-state index < -0.39 is 0 Å². The third-order valence-electron chi connectivity index (χ3n) is 5.49. The van der Waals surface area contributed by atoms with Crippen LogP contribution in [0.2, 0.25) is 0 Å². The molecule has 1 fully saturated rings. The lowest BCUT2D eigenvalue weighted by molar-refractivity contribution is -0.892. The lowest BCUT2D eigenvalue weighted by atomic mass is 10.2. The molecule has 4 rings (SSSR count). The lowest BCUT2D eigenvalue weighted by Gasteiger charge is -2.34. The van der Waals surface area contributed by atoms with Crippen molar-refractivity contribution in [1.29, 1.82) is 0 Å². The van der Waals surface area contributed by atoms with E-state index in [9.17, 15) is 4.79 Å². The first kappa shape index (κ1) is 16.9. The monoisotopic (exact) mass is 352 g/mol. The summed E-state index contributed by atoms with van der Waals surface area (Å²) in [4.78, 5) is 18.5. The van der Waals surface area contributed by atoms with Crippen LogP contribution in [-0.2, 0) is 11.2 Å². The van der Waals surface area contributed by atoms with E-state index >= 15 is 0 Å². The molecule has 0 atom stereocenters. The molecule has 26 heavy (non-hydrogen) atoms. The number of hydrogen-bond acceptors (Lipinski definition) is 3. The van der Waals surface area contributed by atoms with Gasteiger partial charge in [0.15, 0.2) is 6.54 Å². The van der Waals surface area contributed by atoms with Gasteiger partial charge in [0.25, 0.3) is 5.91 Å². The van der Waals surface area contributed by atoms with Gasteiger partial charge in [-0.2, -0.15) is 0 Å². The summed E-state index contributed by atoms with van der Waals surface area (Å²) in [6.07, 6.45) is 0.971. The molecule has 0 unspecified atom stereocenters. The molecule has 2 aromatic rings. The van der Waals surface area contributed by atoms with Crippen LogP contribution in [0.4, 0.5) is 11.4 Å². The second-order valence-corrected chi connectivity index (χ2v) is 7.01. The molecule has 2 aliphatic heterocycles. The summed E-state index contributed by atoms with van der Waals surface area (Å²) in [6, 6.07) is 16.4. The van der Waals surface area contributed by atoms with Gasteiger partial charge in [-0.25, -0.2) is 0 Å². The van der Waals surface area contributed by atoms with Crippen molar-refractivity contribution < 1.29 is 14.4 Å². The number of ether oxygens (including phenoxy) is 1. The first-order valence-corrected chi connectivity index (χ1v) is 9.36. The maximum atomic E-state index is 12.8. The van der Waals surface area contributed by atoms with Crippen LogP contribution in [0.1, 0.15) is 5.56 Å². The summed E-state index contributed by atoms with van der Waals surface area (Å²) in [6.45, 7) is 5.23. The van der Waals surface area contributed by atoms with E-state index in [4.69, 9.17) is 4.74 Å². The Morgan fingerprint density at radius 2 is 1.69 bits per heavy atom. The quantitative estimate of drug-likeness (QED) is 0.892. The Morgan fingerprint density at radius 3 is 2.46 bits per heavy atom. The molecule has 1 saturated heterocycles. The fraction of sp³-hybridized carbons (Fsp3) is 0.381. The van der Waals surface area contributed by atoms with Gasteiger partial charge in [0.2, 0.25) is 0 Å². The summed E-state index contributed by atoms with van der Waals surface area (Å²) in [5.41, 5.74) is 3.54. The van der Waals surface area contributed by atoms with Crippen LogP contribution >= 0.6 is 0 Å². The van der Waals surface area contributed by atoms with E-state index in [1.165, 1.54) is 10.5 Å². The predicted octanol–water partition coefficient (Wildman–Crippen LogP) is 0.989. The number of nitrogens with zero attached hydrogens (tertiary/aromatic N) is 2. The Kier molecular flexibility index (Phi) is 4.80. The fourth-order valence-corrected chi connectivity index (χ4v) is 4.04. The van der Waals surface area contributed by atoms with Crippen LogP contribution in [0.3, 0.4) is 0 Å². The van der Waals surface area contributed by atoms with Crippen LogP contribution in [-0.4, -0.2) is 52.3 Å². The Balaban J connectivity index is 1.35. The fourth-order valence-electron chi connectivity index (χ4n) is 4.04. The zero-order chi connectivity index (χ0) is 17.9. The average Bonchev–Trinajstić information content (AvgIpc) is 3.13. The topological polar surface area (TPSA) is 37.2 Å². The van der Waals surface area contributed by atoms with Gasteiger partial charge in [0.05, 0.1) is 39.0 Å². The van der Waals surface area contributed by atoms with Gasteiger partial charge in [0, 0.05) is 12.2 Å². The number of carbonyl (C=O) groups is 1. The molecule has 1 amide bonds. The number of methoxy groups -OCH3 is 1. The largest absolute Gasteiger partial charge is 0.495 e. The number of rotatable bonds is 4. The van der Waals surface area contributed by atoms with Crippen LogP contribution in [0.15, 0.2) is 48.5 Å². The predicted molar refractivity (Wildman–Crippen MR) is 103 cm³/mol. The van der Waals surface area contributed by atoms with Crippen molar-refractivity contribution in [1.82, 2.24) is 0 Å². The number of carbonyl (C=O) groups excluding carboxylic acids is 1. The molecule has 2 aliphatic rings. The van der Waals surface area contributed by atoms with E-state index in [0.717, 1.165) is 56.3 Å². The Morgan fingerprint density at radius 1 is 1.00 bits per heavy atom. The van der Waals surface area contributed by atoms with Crippen LogP contribution in [0.25, 0.3) is 0 Å². The third kappa shape index (κ3) is 3.27. The highest BCUT2D eigenvalue weighted by atomic mass is 16.5. The van der Waals surface area contributed by atoms with E-state index in [-0.39, 0.29) is 5.91 Å². The SMILES string of the molecule is COc1ccccc1N1CC[NH+](CC(=O)N2CCc3ccccc32)CC1. The minimum atomic E-state index is 0.246. The smallest absolute Gasteiger partial charge is 0.282 e. The minimum Gasteiger partial charge on any atom is -0.495 e. The van der Waals surface area contributed by atoms with Crippen molar-refractivity contribution >= 4 is 17.3 Å². The van der Waals surface area contributed by atoms with Gasteiger partial charge < -0.3 is 19.4 Å². The molecule has 0 radical (unpaired) electrons. The Bertz CT molecular complexity index is 784. The summed E-state index contributed by atoms with van der Waals surface area (Å²) in [7, 11) is 1.72. The van der Waals surface area contributed by atoms with E-state index in [1.54, 1.807) is 7.11 Å². The highest BCUT2D eigenvalue weighted by Gasteiger charge is 2.29. The molecule has 1 N–H and O–H groups in total. The number of quaternary nitrogens is 1. The standard InChI is InChI=1S/C21H25N3O2/c1-26-20-9-5-4-8-19(20)23-14-12-22(13-15-23)16-21(25)24-11-10-17-6-2-3-7-18(17)24/h2-9H,10-16H2,1H3/p+1. The molecular weight excluding hydrogens is 326 g/mol. The number of piperazine rings is 1. The first-order valence-electron chi connectivity index (χ1n) is 9.36. The van der Waals surface area contributed by atoms with Gasteiger partial charge in [-0.1, -0.05) is 30.3 Å². The molecule has 2 aromatic carbocycles. The number of anilines is 2. The van der Waals surface area contributed by atoms with E-state index in [1.807, 2.05) is 29.2 Å². The van der Waals surface area contributed by atoms with Gasteiger partial charge in [-0.05, 0) is 30.2 Å². The molecule has 136 valence electrons. The zero-order valence-corrected chi connectivity index (χ0v) is 15.3. The van der Waals surface area contributed by atoms with Crippen LogP contribution in [0.5, 0.6) is 5.75 Å². The summed E-state index contributed by atoms with van der Waals surface area (Å²) >= 11 is 0. The van der Waals surface area contributed by atoms with Crippen molar-refractivity contribution in [3.8, 4) is 5.75 Å². The number of fused-ring (bicyclic) bond motifs is 1. The van der Waals surface area contributed by atoms with Crippen LogP contribution < -0.4 is 19.4 Å². The van der Waals surface area contributed by atoms with Crippen molar-refractivity contribution in [2.24, 2.45) is 0 Å². The lowest BCUT2D eigenvalue weighted by Crippen LogP contribution is -3.16. The average molecular weight is 352 g/mol. The minimum absolute atomic E-state index is 0.246. The molecule has 0 bridgehead atoms. The highest BCUT2D eigenvalue weighted by molar-refractivity contribution is 5.96. The Hall–Kier alpha value is -2.53. The second kappa shape index (κ2) is 7.38. The van der Waals surface area contributed by atoms with Gasteiger partial charge in [0.1, 0.15) is 5.75 Å². The molecule has 0 saturated carbocycles. The maximum Gasteiger partial charge on any atom is 0.282 e. The number of amides is 1. The number of nitrogens with one attached hydrogen (secondary N) is 1. The number of para-hydroxylation sites is 3. The highest BCUT2D eigenvalue weighted by Crippen LogP contribution is 2.28. The third-order valence-corrected chi connectivity index (χ3v) is 5.49. The van der Waals surface area contributed by atoms with Crippen molar-refractivity contribution in [3.05, 3.63) is 54.1 Å². The molecule has 2 heterocycles. The second-order valence-electron chi connectivity index (χ2n) is 7.01. The molecule has 0 aliphatic carbocycles. The molecule has 0 aromatic heterocycles. The normalized spacial score (nSPS) is 17.3. The van der Waals surface area contributed by atoms with Gasteiger partial charge in [-0.15, -0.1) is 0 Å². The zero-order valence-electron chi connectivity index (χ0n) is 15.3. The van der Waals surface area contributed by atoms with Crippen molar-refractivity contribution in [2.45, 2.75) is 6.42 Å².